The van der Waals surface area contributed by atoms with E-state index in [0.717, 1.165) is 55.9 Å². The number of aliphatic imine (C=N–C) groups is 1. The second-order valence-corrected chi connectivity index (χ2v) is 7.99. The Kier molecular flexibility index (Phi) is 11.2. The highest BCUT2D eigenvalue weighted by atomic mass is 127. The zero-order valence-electron chi connectivity index (χ0n) is 15.8. The molecule has 2 rings (SSSR count). The van der Waals surface area contributed by atoms with Crippen molar-refractivity contribution in [3.05, 3.63) is 29.3 Å². The maximum atomic E-state index is 5.91. The second-order valence-electron chi connectivity index (χ2n) is 6.39. The highest BCUT2D eigenvalue weighted by Gasteiger charge is 2.34. The molecule has 0 saturated carbocycles. The first-order valence-electron chi connectivity index (χ1n) is 8.64. The van der Waals surface area contributed by atoms with Gasteiger partial charge in [-0.3, -0.25) is 4.99 Å². The molecule has 0 amide bonds. The average Bonchev–Trinajstić information content (AvgIpc) is 2.63. The van der Waals surface area contributed by atoms with Crippen molar-refractivity contribution >= 4 is 53.3 Å². The summed E-state index contributed by atoms with van der Waals surface area (Å²) in [4.78, 5) is 7.87. The Morgan fingerprint density at radius 2 is 1.88 bits per heavy atom. The van der Waals surface area contributed by atoms with Gasteiger partial charge in [-0.2, -0.15) is 0 Å². The molecule has 8 heteroatoms. The Balaban J connectivity index is 0.00000338. The van der Waals surface area contributed by atoms with Gasteiger partial charge in [-0.1, -0.05) is 11.6 Å². The Hall–Kier alpha value is -0.220. The van der Waals surface area contributed by atoms with Crippen molar-refractivity contribution in [2.45, 2.75) is 23.3 Å². The molecule has 1 saturated heterocycles. The lowest BCUT2D eigenvalue weighted by Crippen LogP contribution is -2.57. The summed E-state index contributed by atoms with van der Waals surface area (Å²) in [5, 5.41) is 7.64. The van der Waals surface area contributed by atoms with Gasteiger partial charge in [0.25, 0.3) is 0 Å². The van der Waals surface area contributed by atoms with E-state index in [1.807, 2.05) is 31.3 Å². The van der Waals surface area contributed by atoms with Crippen LogP contribution in [0.4, 0.5) is 0 Å². The van der Waals surface area contributed by atoms with Crippen LogP contribution in [0.15, 0.2) is 34.2 Å². The summed E-state index contributed by atoms with van der Waals surface area (Å²) >= 11 is 7.71. The van der Waals surface area contributed by atoms with Crippen molar-refractivity contribution in [1.29, 1.82) is 0 Å². The van der Waals surface area contributed by atoms with E-state index in [2.05, 4.69) is 34.6 Å². The molecule has 0 spiro atoms. The quantitative estimate of drug-likeness (QED) is 0.193. The van der Waals surface area contributed by atoms with E-state index < -0.39 is 0 Å². The number of ether oxygens (including phenoxy) is 1. The fourth-order valence-corrected chi connectivity index (χ4v) is 3.77. The molecule has 1 heterocycles. The minimum absolute atomic E-state index is 0. The summed E-state index contributed by atoms with van der Waals surface area (Å²) in [5.74, 6) is 1.82. The van der Waals surface area contributed by atoms with E-state index in [4.69, 9.17) is 16.3 Å². The van der Waals surface area contributed by atoms with Crippen LogP contribution in [0.5, 0.6) is 0 Å². The van der Waals surface area contributed by atoms with Gasteiger partial charge in [0.15, 0.2) is 5.96 Å². The maximum absolute atomic E-state index is 5.91. The minimum Gasteiger partial charge on any atom is -0.381 e. The molecule has 2 N–H and O–H groups in total. The molecule has 0 bridgehead atoms. The highest BCUT2D eigenvalue weighted by molar-refractivity contribution is 14.0. The van der Waals surface area contributed by atoms with Gasteiger partial charge >= 0.3 is 0 Å². The summed E-state index contributed by atoms with van der Waals surface area (Å²) in [6.45, 7) is 3.37. The van der Waals surface area contributed by atoms with E-state index in [9.17, 15) is 0 Å². The van der Waals surface area contributed by atoms with Crippen LogP contribution in [0, 0.1) is 0 Å². The largest absolute Gasteiger partial charge is 0.381 e. The number of nitrogens with zero attached hydrogens (tertiary/aromatic N) is 2. The Morgan fingerprint density at radius 1 is 1.23 bits per heavy atom. The van der Waals surface area contributed by atoms with Crippen LogP contribution in [0.1, 0.15) is 12.8 Å². The summed E-state index contributed by atoms with van der Waals surface area (Å²) in [7, 11) is 6.10. The lowest BCUT2D eigenvalue weighted by molar-refractivity contribution is -0.00500. The summed E-state index contributed by atoms with van der Waals surface area (Å²) in [6.07, 6.45) is 2.08. The van der Waals surface area contributed by atoms with E-state index in [1.54, 1.807) is 11.8 Å². The summed E-state index contributed by atoms with van der Waals surface area (Å²) in [6, 6.07) is 7.94. The lowest BCUT2D eigenvalue weighted by atomic mass is 9.88. The van der Waals surface area contributed by atoms with E-state index in [0.29, 0.717) is 0 Å². The Morgan fingerprint density at radius 3 is 2.46 bits per heavy atom. The first-order chi connectivity index (χ1) is 12.1. The molecule has 1 fully saturated rings. The normalized spacial score (nSPS) is 16.9. The molecule has 26 heavy (non-hydrogen) atoms. The van der Waals surface area contributed by atoms with Crippen molar-refractivity contribution in [2.75, 3.05) is 53.2 Å². The van der Waals surface area contributed by atoms with Crippen LogP contribution in [-0.4, -0.2) is 69.6 Å². The Bertz CT molecular complexity index is 551. The van der Waals surface area contributed by atoms with E-state index in [1.165, 1.54) is 4.90 Å². The molecule has 148 valence electrons. The van der Waals surface area contributed by atoms with Crippen LogP contribution in [0.3, 0.4) is 0 Å². The van der Waals surface area contributed by atoms with Crippen LogP contribution in [0.2, 0.25) is 5.02 Å². The number of guanidine groups is 1. The van der Waals surface area contributed by atoms with Crippen molar-refractivity contribution in [3.63, 3.8) is 0 Å². The average molecular weight is 513 g/mol. The predicted octanol–water partition coefficient (Wildman–Crippen LogP) is 3.33. The number of thioether (sulfide) groups is 1. The molecular formula is C18H30ClIN4OS. The number of hydrogen-bond donors (Lipinski definition) is 2. The van der Waals surface area contributed by atoms with Crippen LogP contribution in [-0.2, 0) is 4.74 Å². The third kappa shape index (κ3) is 7.42. The number of hydrogen-bond acceptors (Lipinski definition) is 4. The first-order valence-corrected chi connectivity index (χ1v) is 10.0. The molecule has 1 aromatic rings. The monoisotopic (exact) mass is 512 g/mol. The molecule has 0 radical (unpaired) electrons. The SMILES string of the molecule is CN=C(NCCSc1ccc(Cl)cc1)NCC1(N(C)C)CCOCC1.I. The molecule has 0 aliphatic carbocycles. The van der Waals surface area contributed by atoms with Crippen molar-refractivity contribution in [2.24, 2.45) is 4.99 Å². The highest BCUT2D eigenvalue weighted by Crippen LogP contribution is 2.25. The van der Waals surface area contributed by atoms with Gasteiger partial charge in [-0.15, -0.1) is 35.7 Å². The van der Waals surface area contributed by atoms with Gasteiger partial charge in [-0.25, -0.2) is 0 Å². The molecule has 0 unspecified atom stereocenters. The molecule has 1 aromatic carbocycles. The first kappa shape index (κ1) is 23.8. The number of likely N-dealkylation sites (N-methyl/N-ethyl adjacent to an activating group) is 1. The van der Waals surface area contributed by atoms with Gasteiger partial charge in [0.05, 0.1) is 0 Å². The summed E-state index contributed by atoms with van der Waals surface area (Å²) in [5.41, 5.74) is 0.133. The van der Waals surface area contributed by atoms with Gasteiger partial charge < -0.3 is 20.3 Å². The minimum atomic E-state index is 0. The molecule has 0 atom stereocenters. The number of benzene rings is 1. The van der Waals surface area contributed by atoms with Gasteiger partial charge in [0, 0.05) is 54.6 Å². The van der Waals surface area contributed by atoms with Crippen LogP contribution in [0.25, 0.3) is 0 Å². The number of halogens is 2. The second kappa shape index (κ2) is 12.3. The summed E-state index contributed by atoms with van der Waals surface area (Å²) < 4.78 is 5.53. The van der Waals surface area contributed by atoms with Gasteiger partial charge in [0.1, 0.15) is 0 Å². The third-order valence-electron chi connectivity index (χ3n) is 4.66. The van der Waals surface area contributed by atoms with Crippen LogP contribution < -0.4 is 10.6 Å². The van der Waals surface area contributed by atoms with E-state index >= 15 is 0 Å². The topological polar surface area (TPSA) is 48.9 Å². The van der Waals surface area contributed by atoms with Crippen molar-refractivity contribution < 1.29 is 4.74 Å². The van der Waals surface area contributed by atoms with Crippen molar-refractivity contribution in [1.82, 2.24) is 15.5 Å². The third-order valence-corrected chi connectivity index (χ3v) is 5.92. The van der Waals surface area contributed by atoms with Crippen molar-refractivity contribution in [3.8, 4) is 0 Å². The number of rotatable bonds is 7. The molecular weight excluding hydrogens is 483 g/mol. The zero-order valence-corrected chi connectivity index (χ0v) is 19.7. The fraction of sp³-hybridized carbons (Fsp3) is 0.611. The maximum Gasteiger partial charge on any atom is 0.191 e. The molecule has 1 aliphatic rings. The van der Waals surface area contributed by atoms with Gasteiger partial charge in [-0.05, 0) is 51.2 Å². The van der Waals surface area contributed by atoms with Crippen LogP contribution >= 0.6 is 47.3 Å². The van der Waals surface area contributed by atoms with E-state index in [-0.39, 0.29) is 29.5 Å². The molecule has 1 aliphatic heterocycles. The predicted molar refractivity (Wildman–Crippen MR) is 123 cm³/mol. The number of nitrogens with one attached hydrogen (secondary N) is 2. The van der Waals surface area contributed by atoms with Gasteiger partial charge in [0.2, 0.25) is 0 Å². The zero-order chi connectivity index (χ0) is 18.1. The lowest BCUT2D eigenvalue weighted by Gasteiger charge is -2.43. The smallest absolute Gasteiger partial charge is 0.191 e. The standard InChI is InChI=1S/C18H29ClN4OS.HI/c1-20-17(21-10-13-25-16-6-4-15(19)5-7-16)22-14-18(23(2)3)8-11-24-12-9-18;/h4-7H,8-14H2,1-3H3,(H2,20,21,22);1H. The Labute approximate surface area is 183 Å². The molecule has 5 nitrogen and oxygen atoms in total. The fourth-order valence-electron chi connectivity index (χ4n) is 2.87. The molecule has 0 aromatic heterocycles.